The molecule has 0 radical (unpaired) electrons. The van der Waals surface area contributed by atoms with Crippen molar-refractivity contribution in [1.82, 2.24) is 0 Å². The lowest BCUT2D eigenvalue weighted by Crippen LogP contribution is -2.13. The van der Waals surface area contributed by atoms with Crippen molar-refractivity contribution in [2.45, 2.75) is 6.42 Å². The van der Waals surface area contributed by atoms with Crippen LogP contribution in [-0.4, -0.2) is 13.0 Å². The molecule has 1 N–H and O–H groups in total. The molecule has 0 saturated heterocycles. The van der Waals surface area contributed by atoms with E-state index >= 15 is 0 Å². The zero-order valence-corrected chi connectivity index (χ0v) is 16.9. The number of benzene rings is 3. The minimum absolute atomic E-state index is 0.0831. The smallest absolute Gasteiger partial charge is 0.266 e. The van der Waals surface area contributed by atoms with Crippen LogP contribution in [0.15, 0.2) is 72.3 Å². The number of amides is 1. The highest BCUT2D eigenvalue weighted by Crippen LogP contribution is 2.27. The Labute approximate surface area is 179 Å². The minimum Gasteiger partial charge on any atom is -0.496 e. The fourth-order valence-electron chi connectivity index (χ4n) is 2.89. The third kappa shape index (κ3) is 5.25. The van der Waals surface area contributed by atoms with Gasteiger partial charge in [-0.15, -0.1) is 0 Å². The maximum absolute atomic E-state index is 13.0. The first-order valence-electron chi connectivity index (χ1n) is 9.09. The van der Waals surface area contributed by atoms with Gasteiger partial charge in [0.2, 0.25) is 0 Å². The number of ether oxygens (including phenoxy) is 1. The molecular weight excluding hydrogens is 403 g/mol. The van der Waals surface area contributed by atoms with Gasteiger partial charge < -0.3 is 10.1 Å². The molecule has 3 rings (SSSR count). The van der Waals surface area contributed by atoms with Crippen LogP contribution in [0.2, 0.25) is 5.02 Å². The van der Waals surface area contributed by atoms with Crippen molar-refractivity contribution in [3.05, 3.63) is 99.8 Å². The van der Waals surface area contributed by atoms with E-state index in [9.17, 15) is 14.4 Å². The van der Waals surface area contributed by atoms with Gasteiger partial charge in [-0.3, -0.25) is 4.79 Å². The van der Waals surface area contributed by atoms with E-state index in [1.165, 1.54) is 30.3 Å². The Morgan fingerprint density at radius 1 is 1.13 bits per heavy atom. The predicted octanol–water partition coefficient (Wildman–Crippen LogP) is 5.62. The molecule has 0 spiro atoms. The van der Waals surface area contributed by atoms with Crippen molar-refractivity contribution >= 4 is 29.3 Å². The number of carbonyl (C=O) groups excluding carboxylic acids is 1. The normalized spacial score (nSPS) is 10.9. The van der Waals surface area contributed by atoms with E-state index in [0.717, 1.165) is 11.1 Å². The van der Waals surface area contributed by atoms with E-state index in [0.29, 0.717) is 28.4 Å². The van der Waals surface area contributed by atoms with Crippen molar-refractivity contribution in [2.24, 2.45) is 0 Å². The van der Waals surface area contributed by atoms with Gasteiger partial charge >= 0.3 is 0 Å². The number of carbonyl (C=O) groups is 1. The van der Waals surface area contributed by atoms with E-state index in [4.69, 9.17) is 16.3 Å². The van der Waals surface area contributed by atoms with E-state index in [-0.39, 0.29) is 5.57 Å². The molecule has 0 aliphatic heterocycles. The fraction of sp³-hybridized carbons (Fsp3) is 0.0833. The third-order valence-corrected chi connectivity index (χ3v) is 4.80. The monoisotopic (exact) mass is 420 g/mol. The Morgan fingerprint density at radius 3 is 2.53 bits per heavy atom. The molecule has 0 aliphatic rings. The standard InChI is InChI=1S/C24H18ClFN2O2/c1-30-23-13-16(6-7-18(23)14-17-4-2-3-5-22(17)25)12-19(15-27)24(29)28-21-10-8-20(26)9-11-21/h2-13H,14H2,1H3,(H,28,29)/b19-12+. The summed E-state index contributed by atoms with van der Waals surface area (Å²) < 4.78 is 18.5. The summed E-state index contributed by atoms with van der Waals surface area (Å²) in [5.74, 6) is -0.365. The highest BCUT2D eigenvalue weighted by atomic mass is 35.5. The summed E-state index contributed by atoms with van der Waals surface area (Å²) in [5, 5.41) is 12.7. The first-order valence-corrected chi connectivity index (χ1v) is 9.47. The molecule has 0 atom stereocenters. The second kappa shape index (κ2) is 9.73. The van der Waals surface area contributed by atoms with Gasteiger partial charge in [-0.2, -0.15) is 5.26 Å². The van der Waals surface area contributed by atoms with E-state index < -0.39 is 11.7 Å². The van der Waals surface area contributed by atoms with Crippen molar-refractivity contribution in [1.29, 1.82) is 5.26 Å². The highest BCUT2D eigenvalue weighted by molar-refractivity contribution is 6.31. The van der Waals surface area contributed by atoms with Gasteiger partial charge in [0.25, 0.3) is 5.91 Å². The summed E-state index contributed by atoms with van der Waals surface area (Å²) in [5.41, 5.74) is 2.85. The van der Waals surface area contributed by atoms with Crippen LogP contribution < -0.4 is 10.1 Å². The van der Waals surface area contributed by atoms with Gasteiger partial charge in [-0.1, -0.05) is 41.9 Å². The van der Waals surface area contributed by atoms with Gasteiger partial charge in [0.15, 0.2) is 0 Å². The summed E-state index contributed by atoms with van der Waals surface area (Å²) >= 11 is 6.25. The van der Waals surface area contributed by atoms with Crippen LogP contribution in [0.25, 0.3) is 6.08 Å². The second-order valence-corrected chi connectivity index (χ2v) is 6.88. The SMILES string of the molecule is COc1cc(/C=C(\C#N)C(=O)Nc2ccc(F)cc2)ccc1Cc1ccccc1Cl. The number of hydrogen-bond donors (Lipinski definition) is 1. The average Bonchev–Trinajstić information content (AvgIpc) is 2.76. The topological polar surface area (TPSA) is 62.1 Å². The maximum atomic E-state index is 13.0. The Kier molecular flexibility index (Phi) is 6.84. The van der Waals surface area contributed by atoms with Gasteiger partial charge in [0, 0.05) is 17.1 Å². The van der Waals surface area contributed by atoms with Gasteiger partial charge in [0.05, 0.1) is 7.11 Å². The van der Waals surface area contributed by atoms with Crippen molar-refractivity contribution in [3.63, 3.8) is 0 Å². The molecule has 3 aromatic carbocycles. The number of nitrogens with one attached hydrogen (secondary N) is 1. The Morgan fingerprint density at radius 2 is 1.87 bits per heavy atom. The van der Waals surface area contributed by atoms with Crippen molar-refractivity contribution in [2.75, 3.05) is 12.4 Å². The lowest BCUT2D eigenvalue weighted by Gasteiger charge is -2.11. The zero-order chi connectivity index (χ0) is 21.5. The number of anilines is 1. The summed E-state index contributed by atoms with van der Waals surface area (Å²) in [6.45, 7) is 0. The minimum atomic E-state index is -0.580. The Bertz CT molecular complexity index is 1130. The molecule has 0 bridgehead atoms. The van der Waals surface area contributed by atoms with Crippen LogP contribution in [0.5, 0.6) is 5.75 Å². The van der Waals surface area contributed by atoms with Crippen LogP contribution in [0, 0.1) is 17.1 Å². The van der Waals surface area contributed by atoms with E-state index in [1.807, 2.05) is 36.4 Å². The molecule has 3 aromatic rings. The molecular formula is C24H18ClFN2O2. The molecule has 0 unspecified atom stereocenters. The molecule has 0 saturated carbocycles. The molecule has 0 aliphatic carbocycles. The number of methoxy groups -OCH3 is 1. The van der Waals surface area contributed by atoms with Gasteiger partial charge in [-0.05, 0) is 59.2 Å². The van der Waals surface area contributed by atoms with Gasteiger partial charge in [0.1, 0.15) is 23.2 Å². The number of nitrogens with zero attached hydrogens (tertiary/aromatic N) is 1. The summed E-state index contributed by atoms with van der Waals surface area (Å²) in [6, 6.07) is 20.2. The number of nitriles is 1. The molecule has 0 fully saturated rings. The molecule has 30 heavy (non-hydrogen) atoms. The lowest BCUT2D eigenvalue weighted by molar-refractivity contribution is -0.112. The quantitative estimate of drug-likeness (QED) is 0.415. The van der Waals surface area contributed by atoms with E-state index in [1.54, 1.807) is 19.2 Å². The molecule has 6 heteroatoms. The maximum Gasteiger partial charge on any atom is 0.266 e. The summed E-state index contributed by atoms with van der Waals surface area (Å²) in [7, 11) is 1.56. The van der Waals surface area contributed by atoms with Crippen molar-refractivity contribution < 1.29 is 13.9 Å². The molecule has 0 aromatic heterocycles. The molecule has 4 nitrogen and oxygen atoms in total. The summed E-state index contributed by atoms with van der Waals surface area (Å²) in [4.78, 5) is 12.4. The highest BCUT2D eigenvalue weighted by Gasteiger charge is 2.12. The van der Waals surface area contributed by atoms with Crippen molar-refractivity contribution in [3.8, 4) is 11.8 Å². The van der Waals surface area contributed by atoms with Crippen LogP contribution in [-0.2, 0) is 11.2 Å². The Balaban J connectivity index is 1.82. The molecule has 1 amide bonds. The third-order valence-electron chi connectivity index (χ3n) is 4.43. The van der Waals surface area contributed by atoms with Crippen LogP contribution >= 0.6 is 11.6 Å². The second-order valence-electron chi connectivity index (χ2n) is 6.47. The Hall–Kier alpha value is -3.62. The molecule has 150 valence electrons. The first-order chi connectivity index (χ1) is 14.5. The van der Waals surface area contributed by atoms with Crippen LogP contribution in [0.1, 0.15) is 16.7 Å². The average molecular weight is 421 g/mol. The van der Waals surface area contributed by atoms with Crippen LogP contribution in [0.3, 0.4) is 0 Å². The lowest BCUT2D eigenvalue weighted by atomic mass is 10.0. The zero-order valence-electron chi connectivity index (χ0n) is 16.2. The molecule has 0 heterocycles. The fourth-order valence-corrected chi connectivity index (χ4v) is 3.09. The largest absolute Gasteiger partial charge is 0.496 e. The van der Waals surface area contributed by atoms with E-state index in [2.05, 4.69) is 5.32 Å². The number of halogens is 2. The summed E-state index contributed by atoms with van der Waals surface area (Å²) in [6.07, 6.45) is 2.06. The van der Waals surface area contributed by atoms with Gasteiger partial charge in [-0.25, -0.2) is 4.39 Å². The number of hydrogen-bond acceptors (Lipinski definition) is 3. The van der Waals surface area contributed by atoms with Crippen LogP contribution in [0.4, 0.5) is 10.1 Å². The number of rotatable bonds is 6. The predicted molar refractivity (Wildman–Crippen MR) is 116 cm³/mol. The first kappa shape index (κ1) is 21.1.